The van der Waals surface area contributed by atoms with Gasteiger partial charge >= 0.3 is 0 Å². The van der Waals surface area contributed by atoms with E-state index in [-0.39, 0.29) is 18.3 Å². The minimum absolute atomic E-state index is 0.301. The SMILES string of the molecule is CO[C@@H]1[C@@H](O)[C@H](O[C@@H]2[C@@H](C)O[C@@H](O[C@H]3[C@@H](OC)C[C@H](O[C@H]4[C@@H](OC)CC(O)O[C@@H]4C)O[C@@H]3C)C[C@H]2OC)O[C@H](C)[C@H]1O. The average molecular weight is 611 g/mol. The second-order valence-electron chi connectivity index (χ2n) is 11.6. The highest BCUT2D eigenvalue weighted by Gasteiger charge is 2.49. The minimum atomic E-state index is -1.20. The molecule has 14 nitrogen and oxygen atoms in total. The highest BCUT2D eigenvalue weighted by atomic mass is 16.8. The van der Waals surface area contributed by atoms with Gasteiger partial charge in [-0.2, -0.15) is 0 Å². The van der Waals surface area contributed by atoms with E-state index in [1.165, 1.54) is 7.11 Å². The lowest BCUT2D eigenvalue weighted by Gasteiger charge is -2.47. The van der Waals surface area contributed by atoms with Gasteiger partial charge in [-0.1, -0.05) is 0 Å². The van der Waals surface area contributed by atoms with E-state index >= 15 is 0 Å². The Morgan fingerprint density at radius 3 is 1.40 bits per heavy atom. The van der Waals surface area contributed by atoms with E-state index in [1.807, 2.05) is 20.8 Å². The van der Waals surface area contributed by atoms with Crippen LogP contribution < -0.4 is 0 Å². The third kappa shape index (κ3) is 7.62. The van der Waals surface area contributed by atoms with Gasteiger partial charge in [0.05, 0.1) is 42.7 Å². The van der Waals surface area contributed by atoms with E-state index in [0.29, 0.717) is 19.3 Å². The van der Waals surface area contributed by atoms with Crippen LogP contribution in [0.5, 0.6) is 0 Å². The lowest BCUT2D eigenvalue weighted by molar-refractivity contribution is -0.355. The largest absolute Gasteiger partial charge is 0.388 e. The number of aliphatic hydroxyl groups is 3. The normalized spacial score (nSPS) is 50.5. The lowest BCUT2D eigenvalue weighted by Crippen LogP contribution is -2.61. The van der Waals surface area contributed by atoms with Gasteiger partial charge in [0.15, 0.2) is 25.2 Å². The molecule has 0 amide bonds. The first-order valence-electron chi connectivity index (χ1n) is 14.7. The van der Waals surface area contributed by atoms with Crippen LogP contribution in [0.25, 0.3) is 0 Å². The fourth-order valence-electron chi connectivity index (χ4n) is 6.37. The number of aliphatic hydroxyl groups excluding tert-OH is 3. The van der Waals surface area contributed by atoms with E-state index in [9.17, 15) is 15.3 Å². The summed E-state index contributed by atoms with van der Waals surface area (Å²) in [5.41, 5.74) is 0. The molecule has 246 valence electrons. The zero-order valence-corrected chi connectivity index (χ0v) is 25.8. The number of rotatable bonds is 10. The van der Waals surface area contributed by atoms with Crippen LogP contribution in [0.2, 0.25) is 0 Å². The molecule has 4 saturated heterocycles. The summed E-state index contributed by atoms with van der Waals surface area (Å²) in [6.07, 6.45) is -9.70. The highest BCUT2D eigenvalue weighted by Crippen LogP contribution is 2.35. The summed E-state index contributed by atoms with van der Waals surface area (Å²) in [6.45, 7) is 7.25. The Hall–Kier alpha value is -0.560. The van der Waals surface area contributed by atoms with Crippen LogP contribution in [0.15, 0.2) is 0 Å². The quantitative estimate of drug-likeness (QED) is 0.305. The molecule has 4 aliphatic rings. The third-order valence-electron chi connectivity index (χ3n) is 8.75. The van der Waals surface area contributed by atoms with Crippen molar-refractivity contribution in [1.82, 2.24) is 0 Å². The summed E-state index contributed by atoms with van der Waals surface area (Å²) in [5, 5.41) is 31.0. The van der Waals surface area contributed by atoms with Crippen molar-refractivity contribution in [2.24, 2.45) is 0 Å². The third-order valence-corrected chi connectivity index (χ3v) is 8.75. The molecular formula is C28H50O14. The van der Waals surface area contributed by atoms with E-state index in [0.717, 1.165) is 0 Å². The molecule has 0 aromatic rings. The van der Waals surface area contributed by atoms with Crippen LogP contribution in [0, 0.1) is 0 Å². The lowest BCUT2D eigenvalue weighted by atomic mass is 9.98. The molecule has 4 fully saturated rings. The Morgan fingerprint density at radius 2 is 0.929 bits per heavy atom. The Bertz CT molecular complexity index is 821. The summed E-state index contributed by atoms with van der Waals surface area (Å²) in [7, 11) is 6.19. The molecule has 0 saturated carbocycles. The number of methoxy groups -OCH3 is 4. The van der Waals surface area contributed by atoms with Crippen molar-refractivity contribution in [2.45, 2.75) is 151 Å². The van der Waals surface area contributed by atoms with Gasteiger partial charge in [-0.15, -0.1) is 0 Å². The Balaban J connectivity index is 1.35. The molecule has 42 heavy (non-hydrogen) atoms. The molecule has 4 rings (SSSR count). The molecule has 14 heteroatoms. The first-order chi connectivity index (χ1) is 20.0. The van der Waals surface area contributed by atoms with Crippen molar-refractivity contribution in [2.75, 3.05) is 28.4 Å². The molecule has 0 radical (unpaired) electrons. The maximum absolute atomic E-state index is 10.7. The molecule has 0 aliphatic carbocycles. The van der Waals surface area contributed by atoms with Crippen LogP contribution in [0.1, 0.15) is 47.0 Å². The topological polar surface area (TPSA) is 162 Å². The Labute approximate surface area is 247 Å². The van der Waals surface area contributed by atoms with Crippen molar-refractivity contribution in [3.05, 3.63) is 0 Å². The van der Waals surface area contributed by atoms with E-state index in [4.69, 9.17) is 52.1 Å². The Morgan fingerprint density at radius 1 is 0.476 bits per heavy atom. The number of hydrogen-bond acceptors (Lipinski definition) is 14. The fraction of sp³-hybridized carbons (Fsp3) is 1.00. The van der Waals surface area contributed by atoms with Gasteiger partial charge in [0.2, 0.25) is 0 Å². The van der Waals surface area contributed by atoms with E-state index in [2.05, 4.69) is 0 Å². The van der Waals surface area contributed by atoms with Gasteiger partial charge < -0.3 is 67.4 Å². The maximum atomic E-state index is 10.7. The molecule has 17 atom stereocenters. The zero-order valence-electron chi connectivity index (χ0n) is 25.8. The van der Waals surface area contributed by atoms with Crippen LogP contribution >= 0.6 is 0 Å². The first kappa shape index (κ1) is 34.3. The van der Waals surface area contributed by atoms with Gasteiger partial charge in [0.25, 0.3) is 0 Å². The molecule has 3 N–H and O–H groups in total. The van der Waals surface area contributed by atoms with Crippen molar-refractivity contribution in [1.29, 1.82) is 0 Å². The smallest absolute Gasteiger partial charge is 0.187 e. The zero-order chi connectivity index (χ0) is 30.7. The minimum Gasteiger partial charge on any atom is -0.388 e. The van der Waals surface area contributed by atoms with Crippen LogP contribution in [0.3, 0.4) is 0 Å². The summed E-state index contributed by atoms with van der Waals surface area (Å²) in [5.74, 6) is 0. The number of ether oxygens (including phenoxy) is 11. The summed E-state index contributed by atoms with van der Waals surface area (Å²) in [4.78, 5) is 0. The fourth-order valence-corrected chi connectivity index (χ4v) is 6.37. The maximum Gasteiger partial charge on any atom is 0.187 e. The molecule has 4 heterocycles. The molecular weight excluding hydrogens is 560 g/mol. The molecule has 0 aromatic heterocycles. The van der Waals surface area contributed by atoms with E-state index < -0.39 is 86.2 Å². The molecule has 1 unspecified atom stereocenters. The number of hydrogen-bond donors (Lipinski definition) is 3. The molecule has 0 aromatic carbocycles. The monoisotopic (exact) mass is 610 g/mol. The Kier molecular flexibility index (Phi) is 12.4. The predicted octanol–water partition coefficient (Wildman–Crippen LogP) is 0.0656. The van der Waals surface area contributed by atoms with Gasteiger partial charge in [-0.3, -0.25) is 0 Å². The van der Waals surface area contributed by atoms with Crippen molar-refractivity contribution < 1.29 is 67.4 Å². The second-order valence-corrected chi connectivity index (χ2v) is 11.6. The van der Waals surface area contributed by atoms with Crippen molar-refractivity contribution in [3.63, 3.8) is 0 Å². The van der Waals surface area contributed by atoms with Crippen molar-refractivity contribution >= 4 is 0 Å². The van der Waals surface area contributed by atoms with Crippen LogP contribution in [-0.2, 0) is 52.1 Å². The van der Waals surface area contributed by atoms with Crippen molar-refractivity contribution in [3.8, 4) is 0 Å². The highest BCUT2D eigenvalue weighted by molar-refractivity contribution is 4.92. The average Bonchev–Trinajstić information content (AvgIpc) is 2.95. The summed E-state index contributed by atoms with van der Waals surface area (Å²) < 4.78 is 65.0. The summed E-state index contributed by atoms with van der Waals surface area (Å²) >= 11 is 0. The molecule has 4 aliphatic heterocycles. The predicted molar refractivity (Wildman–Crippen MR) is 143 cm³/mol. The van der Waals surface area contributed by atoms with Crippen LogP contribution in [0.4, 0.5) is 0 Å². The van der Waals surface area contributed by atoms with Gasteiger partial charge in [-0.05, 0) is 27.7 Å². The summed E-state index contributed by atoms with van der Waals surface area (Å²) in [6, 6.07) is 0. The second kappa shape index (κ2) is 15.1. The molecule has 0 bridgehead atoms. The van der Waals surface area contributed by atoms with E-state index in [1.54, 1.807) is 28.3 Å². The standard InChI is InChI=1S/C28H50O14/c1-12-22(30)27(35-8)23(31)28(39-12)42-26-15(4)38-21(11-18(26)34-7)41-25-14(3)37-20(10-17(25)33-6)40-24-13(2)36-19(29)9-16(24)32-5/h12-31H,9-11H2,1-8H3/t12-,13-,14-,15-,16+,17+,18-,19?,20+,21+,22-,23-,24-,25-,26-,27+,28+/m1/s1. The van der Waals surface area contributed by atoms with Gasteiger partial charge in [-0.25, -0.2) is 0 Å². The van der Waals surface area contributed by atoms with Gasteiger partial charge in [0.1, 0.15) is 36.6 Å². The molecule has 0 spiro atoms. The van der Waals surface area contributed by atoms with Crippen LogP contribution in [-0.4, -0.2) is 148 Å². The van der Waals surface area contributed by atoms with Gasteiger partial charge in [0, 0.05) is 47.7 Å². The first-order valence-corrected chi connectivity index (χ1v) is 14.7.